The molecule has 112 valence electrons. The maximum Gasteiger partial charge on any atom is 0.155 e. The maximum absolute atomic E-state index is 6.30. The van der Waals surface area contributed by atoms with Crippen LogP contribution in [0.15, 0.2) is 54.9 Å². The summed E-state index contributed by atoms with van der Waals surface area (Å²) in [6.45, 7) is 4.69. The van der Waals surface area contributed by atoms with Gasteiger partial charge >= 0.3 is 0 Å². The van der Waals surface area contributed by atoms with Crippen molar-refractivity contribution in [3.8, 4) is 22.7 Å². The van der Waals surface area contributed by atoms with Gasteiger partial charge in [0.1, 0.15) is 12.1 Å². The van der Waals surface area contributed by atoms with Crippen LogP contribution >= 0.6 is 11.6 Å². The fraction of sp³-hybridized carbons (Fsp3) is 0.167. The summed E-state index contributed by atoms with van der Waals surface area (Å²) in [4.78, 5) is 4.25. The molecule has 0 unspecified atom stereocenters. The Morgan fingerprint density at radius 1 is 1.05 bits per heavy atom. The van der Waals surface area contributed by atoms with Crippen molar-refractivity contribution in [1.82, 2.24) is 9.55 Å². The smallest absolute Gasteiger partial charge is 0.155 e. The molecule has 3 nitrogen and oxygen atoms in total. The summed E-state index contributed by atoms with van der Waals surface area (Å²) in [7, 11) is 0. The van der Waals surface area contributed by atoms with Gasteiger partial charge in [-0.1, -0.05) is 29.3 Å². The minimum atomic E-state index is 0.490. The van der Waals surface area contributed by atoms with Crippen LogP contribution in [0.1, 0.15) is 12.5 Å². The molecule has 1 aromatic heterocycles. The molecule has 0 aliphatic heterocycles. The molecule has 0 spiro atoms. The lowest BCUT2D eigenvalue weighted by atomic mass is 10.1. The lowest BCUT2D eigenvalue weighted by Crippen LogP contribution is -1.96. The van der Waals surface area contributed by atoms with E-state index >= 15 is 0 Å². The first-order valence-corrected chi connectivity index (χ1v) is 7.60. The topological polar surface area (TPSA) is 27.1 Å². The highest BCUT2D eigenvalue weighted by atomic mass is 35.5. The van der Waals surface area contributed by atoms with E-state index in [-0.39, 0.29) is 0 Å². The van der Waals surface area contributed by atoms with E-state index < -0.39 is 0 Å². The number of rotatable bonds is 4. The van der Waals surface area contributed by atoms with Crippen LogP contribution in [0.3, 0.4) is 0 Å². The van der Waals surface area contributed by atoms with E-state index in [9.17, 15) is 0 Å². The Morgan fingerprint density at radius 2 is 1.73 bits per heavy atom. The van der Waals surface area contributed by atoms with Crippen LogP contribution in [0.25, 0.3) is 16.9 Å². The third-order valence-corrected chi connectivity index (χ3v) is 3.75. The quantitative estimate of drug-likeness (QED) is 0.685. The number of aromatic nitrogens is 2. The molecular weight excluding hydrogens is 296 g/mol. The number of halogens is 1. The number of nitrogens with zero attached hydrogens (tertiary/aromatic N) is 2. The number of ether oxygens (including phenoxy) is 1. The number of hydrogen-bond donors (Lipinski definition) is 0. The van der Waals surface area contributed by atoms with Gasteiger partial charge in [-0.05, 0) is 50.2 Å². The van der Waals surface area contributed by atoms with E-state index in [1.54, 1.807) is 6.33 Å². The van der Waals surface area contributed by atoms with Crippen LogP contribution in [0.4, 0.5) is 0 Å². The Hall–Kier alpha value is -2.26. The van der Waals surface area contributed by atoms with Gasteiger partial charge in [0.15, 0.2) is 5.15 Å². The average molecular weight is 313 g/mol. The van der Waals surface area contributed by atoms with Crippen molar-refractivity contribution in [2.24, 2.45) is 0 Å². The summed E-state index contributed by atoms with van der Waals surface area (Å²) in [5, 5.41) is 0.490. The second-order valence-electron chi connectivity index (χ2n) is 5.05. The third kappa shape index (κ3) is 2.85. The minimum Gasteiger partial charge on any atom is -0.494 e. The van der Waals surface area contributed by atoms with Crippen molar-refractivity contribution in [2.75, 3.05) is 6.61 Å². The molecular formula is C18H17ClN2O. The standard InChI is InChI=1S/C18H17ClN2O/c1-3-22-16-10-6-14(7-11-16)17-18(19)20-12-21(17)15-8-4-13(2)5-9-15/h4-12H,3H2,1-2H3. The van der Waals surface area contributed by atoms with Crippen LogP contribution in [-0.2, 0) is 0 Å². The van der Waals surface area contributed by atoms with E-state index in [1.807, 2.05) is 35.8 Å². The summed E-state index contributed by atoms with van der Waals surface area (Å²) in [5.74, 6) is 0.851. The summed E-state index contributed by atoms with van der Waals surface area (Å²) >= 11 is 6.30. The Bertz CT molecular complexity index is 761. The van der Waals surface area contributed by atoms with Gasteiger partial charge in [-0.25, -0.2) is 4.98 Å². The highest BCUT2D eigenvalue weighted by Gasteiger charge is 2.13. The first-order valence-electron chi connectivity index (χ1n) is 7.22. The molecule has 3 aromatic rings. The van der Waals surface area contributed by atoms with E-state index in [0.717, 1.165) is 22.7 Å². The lowest BCUT2D eigenvalue weighted by molar-refractivity contribution is 0.340. The third-order valence-electron chi connectivity index (χ3n) is 3.47. The van der Waals surface area contributed by atoms with E-state index in [0.29, 0.717) is 11.8 Å². The molecule has 0 saturated heterocycles. The average Bonchev–Trinajstić information content (AvgIpc) is 2.91. The fourth-order valence-electron chi connectivity index (χ4n) is 2.36. The Balaban J connectivity index is 2.03. The number of aryl methyl sites for hydroxylation is 1. The SMILES string of the molecule is CCOc1ccc(-c2c(Cl)ncn2-c2ccc(C)cc2)cc1. The zero-order chi connectivity index (χ0) is 15.5. The molecule has 0 radical (unpaired) electrons. The van der Waals surface area contributed by atoms with Crippen LogP contribution < -0.4 is 4.74 Å². The fourth-order valence-corrected chi connectivity index (χ4v) is 2.61. The molecule has 0 saturated carbocycles. The van der Waals surface area contributed by atoms with Gasteiger partial charge < -0.3 is 4.74 Å². The van der Waals surface area contributed by atoms with Crippen molar-refractivity contribution in [1.29, 1.82) is 0 Å². The van der Waals surface area contributed by atoms with Crippen LogP contribution in [0, 0.1) is 6.92 Å². The van der Waals surface area contributed by atoms with Crippen molar-refractivity contribution in [2.45, 2.75) is 13.8 Å². The molecule has 0 atom stereocenters. The van der Waals surface area contributed by atoms with Crippen molar-refractivity contribution in [3.63, 3.8) is 0 Å². The van der Waals surface area contributed by atoms with Gasteiger partial charge in [-0.3, -0.25) is 4.57 Å². The van der Waals surface area contributed by atoms with Gasteiger partial charge in [0.25, 0.3) is 0 Å². The van der Waals surface area contributed by atoms with Gasteiger partial charge in [-0.15, -0.1) is 0 Å². The first-order chi connectivity index (χ1) is 10.7. The van der Waals surface area contributed by atoms with Crippen LogP contribution in [0.2, 0.25) is 5.15 Å². The predicted octanol–water partition coefficient (Wildman–Crippen LogP) is 4.90. The maximum atomic E-state index is 6.30. The van der Waals surface area contributed by atoms with Gasteiger partial charge in [0.05, 0.1) is 12.3 Å². The molecule has 2 aromatic carbocycles. The minimum absolute atomic E-state index is 0.490. The van der Waals surface area contributed by atoms with Crippen molar-refractivity contribution >= 4 is 11.6 Å². The molecule has 3 rings (SSSR count). The second-order valence-corrected chi connectivity index (χ2v) is 5.40. The molecule has 4 heteroatoms. The van der Waals surface area contributed by atoms with Crippen molar-refractivity contribution in [3.05, 3.63) is 65.6 Å². The van der Waals surface area contributed by atoms with Crippen molar-refractivity contribution < 1.29 is 4.74 Å². The Kier molecular flexibility index (Phi) is 4.16. The summed E-state index contributed by atoms with van der Waals surface area (Å²) in [5.41, 5.74) is 4.14. The van der Waals surface area contributed by atoms with E-state index in [2.05, 4.69) is 36.2 Å². The number of imidazole rings is 1. The number of hydrogen-bond acceptors (Lipinski definition) is 2. The molecule has 0 N–H and O–H groups in total. The summed E-state index contributed by atoms with van der Waals surface area (Å²) in [6, 6.07) is 16.2. The van der Waals surface area contributed by atoms with E-state index in [4.69, 9.17) is 16.3 Å². The molecule has 0 bridgehead atoms. The number of benzene rings is 2. The predicted molar refractivity (Wildman–Crippen MR) is 89.9 cm³/mol. The first kappa shape index (κ1) is 14.7. The Morgan fingerprint density at radius 3 is 2.36 bits per heavy atom. The molecule has 0 amide bonds. The van der Waals surface area contributed by atoms with Gasteiger partial charge in [-0.2, -0.15) is 0 Å². The molecule has 1 heterocycles. The summed E-state index contributed by atoms with van der Waals surface area (Å²) < 4.78 is 7.48. The Labute approximate surface area is 135 Å². The van der Waals surface area contributed by atoms with Crippen LogP contribution in [0.5, 0.6) is 5.75 Å². The normalized spacial score (nSPS) is 10.7. The monoisotopic (exact) mass is 312 g/mol. The van der Waals surface area contributed by atoms with E-state index in [1.165, 1.54) is 5.56 Å². The largest absolute Gasteiger partial charge is 0.494 e. The zero-order valence-electron chi connectivity index (χ0n) is 12.6. The van der Waals surface area contributed by atoms with Gasteiger partial charge in [0.2, 0.25) is 0 Å². The molecule has 0 aliphatic carbocycles. The van der Waals surface area contributed by atoms with Crippen LogP contribution in [-0.4, -0.2) is 16.2 Å². The molecule has 0 aliphatic rings. The highest BCUT2D eigenvalue weighted by Crippen LogP contribution is 2.30. The molecule has 0 fully saturated rings. The lowest BCUT2D eigenvalue weighted by Gasteiger charge is -2.10. The molecule has 22 heavy (non-hydrogen) atoms. The zero-order valence-corrected chi connectivity index (χ0v) is 13.3. The van der Waals surface area contributed by atoms with Gasteiger partial charge in [0, 0.05) is 11.3 Å². The highest BCUT2D eigenvalue weighted by molar-refractivity contribution is 6.32. The summed E-state index contributed by atoms with van der Waals surface area (Å²) in [6.07, 6.45) is 1.75. The second kappa shape index (κ2) is 6.24.